The Balaban J connectivity index is 8.31. The monoisotopic (exact) mass is 739 g/mol. The summed E-state index contributed by atoms with van der Waals surface area (Å²) < 4.78 is 0. The van der Waals surface area contributed by atoms with Gasteiger partial charge in [0.05, 0.1) is 5.92 Å². The van der Waals surface area contributed by atoms with Crippen LogP contribution in [0.15, 0.2) is 0 Å². The van der Waals surface area contributed by atoms with E-state index in [1.807, 2.05) is 6.92 Å². The van der Waals surface area contributed by atoms with Gasteiger partial charge >= 0.3 is 0 Å². The lowest BCUT2D eigenvalue weighted by Crippen LogP contribution is -2.43. The minimum Gasteiger partial charge on any atom is -0.103 e. The number of hydrogen-bond donors (Lipinski definition) is 0. The lowest BCUT2D eigenvalue weighted by atomic mass is 9.57. The molecule has 0 heterocycles. The third kappa shape index (κ3) is 24.2. The number of unbranched alkanes of at least 4 members (excludes halogenated alkanes) is 15. The Hall–Kier alpha value is -5.28. The summed E-state index contributed by atoms with van der Waals surface area (Å²) in [6.07, 6.45) is 21.9. The summed E-state index contributed by atoms with van der Waals surface area (Å²) in [7, 11) is 0. The van der Waals surface area contributed by atoms with Crippen molar-refractivity contribution < 1.29 is 0 Å². The van der Waals surface area contributed by atoms with Crippen LogP contribution < -0.4 is 0 Å². The molecule has 0 bridgehead atoms. The van der Waals surface area contributed by atoms with Gasteiger partial charge in [-0.05, 0) is 110 Å². The molecule has 0 spiro atoms. The SMILES string of the molecule is CCC#CC#CC#CC(C#CC#CC#CCCCCCCC)(C#CC#CCCCC)C(C#CC#CCCC)(C#CCCCCCC)C(C#CCCCCC)CC. The summed E-state index contributed by atoms with van der Waals surface area (Å²) in [5, 5.41) is 0. The van der Waals surface area contributed by atoms with Crippen LogP contribution in [0.25, 0.3) is 0 Å². The van der Waals surface area contributed by atoms with Crippen molar-refractivity contribution in [3.05, 3.63) is 0 Å². The maximum absolute atomic E-state index is 3.66. The first-order valence-corrected chi connectivity index (χ1v) is 21.6. The van der Waals surface area contributed by atoms with Gasteiger partial charge in [-0.3, -0.25) is 0 Å². The molecule has 0 rings (SSSR count). The molecule has 0 aromatic rings. The molecule has 0 aromatic heterocycles. The van der Waals surface area contributed by atoms with Gasteiger partial charge in [0, 0.05) is 38.5 Å². The molecule has 0 amide bonds. The van der Waals surface area contributed by atoms with Gasteiger partial charge in [0.15, 0.2) is 5.41 Å². The van der Waals surface area contributed by atoms with E-state index in [2.05, 4.69) is 184 Å². The van der Waals surface area contributed by atoms with Crippen molar-refractivity contribution >= 4 is 0 Å². The molecule has 290 valence electrons. The van der Waals surface area contributed by atoms with Crippen molar-refractivity contribution in [2.24, 2.45) is 16.7 Å². The zero-order chi connectivity index (χ0) is 41.1. The summed E-state index contributed by atoms with van der Waals surface area (Å²) >= 11 is 0. The second-order valence-electron chi connectivity index (χ2n) is 13.5. The highest BCUT2D eigenvalue weighted by Gasteiger charge is 2.52. The average Bonchev–Trinajstić information content (AvgIpc) is 3.21. The van der Waals surface area contributed by atoms with E-state index < -0.39 is 10.8 Å². The fraction of sp³-hybridized carbons (Fsp3) is 0.571. The molecule has 3 unspecified atom stereocenters. The van der Waals surface area contributed by atoms with Crippen molar-refractivity contribution in [3.8, 4) is 142 Å². The van der Waals surface area contributed by atoms with Crippen molar-refractivity contribution in [1.82, 2.24) is 0 Å². The summed E-state index contributed by atoms with van der Waals surface area (Å²) in [6.45, 7) is 15.0. The van der Waals surface area contributed by atoms with E-state index in [0.717, 1.165) is 89.9 Å². The summed E-state index contributed by atoms with van der Waals surface area (Å²) in [5.74, 6) is 76.6. The summed E-state index contributed by atoms with van der Waals surface area (Å²) in [6, 6.07) is 0. The molecule has 0 fully saturated rings. The van der Waals surface area contributed by atoms with Gasteiger partial charge in [-0.1, -0.05) is 172 Å². The van der Waals surface area contributed by atoms with Crippen LogP contribution >= 0.6 is 0 Å². The molecule has 0 radical (unpaired) electrons. The van der Waals surface area contributed by atoms with E-state index in [9.17, 15) is 0 Å². The highest BCUT2D eigenvalue weighted by Crippen LogP contribution is 2.46. The van der Waals surface area contributed by atoms with Crippen LogP contribution in [-0.2, 0) is 0 Å². The summed E-state index contributed by atoms with van der Waals surface area (Å²) in [5.41, 5.74) is -2.69. The lowest BCUT2D eigenvalue weighted by molar-refractivity contribution is 0.297. The molecule has 0 aliphatic rings. The van der Waals surface area contributed by atoms with Crippen LogP contribution in [-0.4, -0.2) is 0 Å². The molecule has 56 heavy (non-hydrogen) atoms. The molecule has 0 nitrogen and oxygen atoms in total. The normalized spacial score (nSPS) is 11.2. The third-order valence-electron chi connectivity index (χ3n) is 8.62. The molecule has 0 N–H and O–H groups in total. The Morgan fingerprint density at radius 1 is 0.321 bits per heavy atom. The van der Waals surface area contributed by atoms with E-state index in [0.29, 0.717) is 19.3 Å². The molecule has 0 heteroatoms. The van der Waals surface area contributed by atoms with Crippen molar-refractivity contribution in [1.29, 1.82) is 0 Å². The number of hydrogen-bond acceptors (Lipinski definition) is 0. The van der Waals surface area contributed by atoms with E-state index >= 15 is 0 Å². The van der Waals surface area contributed by atoms with Gasteiger partial charge in [0.25, 0.3) is 0 Å². The van der Waals surface area contributed by atoms with Gasteiger partial charge in [-0.2, -0.15) is 0 Å². The van der Waals surface area contributed by atoms with E-state index in [-0.39, 0.29) is 5.92 Å². The quantitative estimate of drug-likeness (QED) is 0.0970. The maximum atomic E-state index is 3.66. The second-order valence-corrected chi connectivity index (χ2v) is 13.5. The van der Waals surface area contributed by atoms with E-state index in [1.165, 1.54) is 32.1 Å². The van der Waals surface area contributed by atoms with Gasteiger partial charge in [0.1, 0.15) is 5.41 Å². The second kappa shape index (κ2) is 38.0. The van der Waals surface area contributed by atoms with Crippen LogP contribution in [0.2, 0.25) is 0 Å². The first-order chi connectivity index (χ1) is 27.6. The van der Waals surface area contributed by atoms with Crippen LogP contribution in [0, 0.1) is 159 Å². The highest BCUT2D eigenvalue weighted by atomic mass is 14.5. The topological polar surface area (TPSA) is 0 Å². The lowest BCUT2D eigenvalue weighted by Gasteiger charge is -2.37. The predicted molar refractivity (Wildman–Crippen MR) is 243 cm³/mol. The highest BCUT2D eigenvalue weighted by molar-refractivity contribution is 5.58. The third-order valence-corrected chi connectivity index (χ3v) is 8.62. The molecule has 0 saturated carbocycles. The van der Waals surface area contributed by atoms with E-state index in [4.69, 9.17) is 0 Å². The first-order valence-electron chi connectivity index (χ1n) is 21.6. The van der Waals surface area contributed by atoms with Gasteiger partial charge in [-0.25, -0.2) is 0 Å². The predicted octanol–water partition coefficient (Wildman–Crippen LogP) is 12.3. The molecule has 3 atom stereocenters. The van der Waals surface area contributed by atoms with Crippen LogP contribution in [0.1, 0.15) is 190 Å². The zero-order valence-electron chi connectivity index (χ0n) is 36.1. The van der Waals surface area contributed by atoms with Crippen molar-refractivity contribution in [3.63, 3.8) is 0 Å². The number of rotatable bonds is 18. The summed E-state index contributed by atoms with van der Waals surface area (Å²) in [4.78, 5) is 0. The molecular weight excluding hydrogens is 673 g/mol. The van der Waals surface area contributed by atoms with Gasteiger partial charge in [-0.15, -0.1) is 11.8 Å². The Bertz CT molecular complexity index is 1910. The van der Waals surface area contributed by atoms with Gasteiger partial charge < -0.3 is 0 Å². The minimum absolute atomic E-state index is 0.355. The maximum Gasteiger partial charge on any atom is 0.183 e. The zero-order valence-corrected chi connectivity index (χ0v) is 36.1. The Labute approximate surface area is 347 Å². The van der Waals surface area contributed by atoms with E-state index in [1.54, 1.807) is 0 Å². The molecule has 0 saturated heterocycles. The molecule has 0 aliphatic heterocycles. The molecule has 0 aliphatic carbocycles. The van der Waals surface area contributed by atoms with Crippen LogP contribution in [0.5, 0.6) is 0 Å². The Kier molecular flexibility index (Phi) is 34.4. The van der Waals surface area contributed by atoms with Crippen molar-refractivity contribution in [2.75, 3.05) is 0 Å². The minimum atomic E-state index is -1.45. The van der Waals surface area contributed by atoms with Crippen LogP contribution in [0.3, 0.4) is 0 Å². The van der Waals surface area contributed by atoms with Crippen molar-refractivity contribution in [2.45, 2.75) is 190 Å². The van der Waals surface area contributed by atoms with Crippen LogP contribution in [0.4, 0.5) is 0 Å². The molecular formula is C56H66. The molecule has 0 aromatic carbocycles. The smallest absolute Gasteiger partial charge is 0.103 e. The fourth-order valence-corrected chi connectivity index (χ4v) is 5.35. The van der Waals surface area contributed by atoms with Gasteiger partial charge in [0.2, 0.25) is 0 Å². The first kappa shape index (κ1) is 50.7. The standard InChI is InChI=1S/C56H66/c1-8-15-21-27-31-32-33-34-35-40-45-51-55(49-43-38-28-22-16-9-2,50-44-39-29-23-17-10-3)56(52-46-37-26-20-13-6,53-47-41-30-24-18-11-4)54(14-7)48-42-36-25-19-12-5/h54H,8-16,18-22,24-25,27,30-32,36,41H2,1-7H3. The Morgan fingerprint density at radius 2 is 0.750 bits per heavy atom. The fourth-order valence-electron chi connectivity index (χ4n) is 5.35. The average molecular weight is 739 g/mol. The Morgan fingerprint density at radius 3 is 1.34 bits per heavy atom. The largest absolute Gasteiger partial charge is 0.183 e.